The molecule has 2 rings (SSSR count). The van der Waals surface area contributed by atoms with Crippen molar-refractivity contribution in [2.75, 3.05) is 5.32 Å². The Morgan fingerprint density at radius 3 is 3.00 bits per heavy atom. The van der Waals surface area contributed by atoms with E-state index in [0.717, 1.165) is 12.8 Å². The highest BCUT2D eigenvalue weighted by molar-refractivity contribution is 5.93. The molecule has 0 radical (unpaired) electrons. The number of nitrogens with zero attached hydrogens (tertiary/aromatic N) is 2. The molecule has 0 bridgehead atoms. The van der Waals surface area contributed by atoms with Crippen LogP contribution in [-0.4, -0.2) is 26.5 Å². The summed E-state index contributed by atoms with van der Waals surface area (Å²) >= 11 is 0. The van der Waals surface area contributed by atoms with Gasteiger partial charge in [-0.3, -0.25) is 4.40 Å². The Hall–Kier alpha value is -2.04. The fourth-order valence-corrected chi connectivity index (χ4v) is 2.04. The molecule has 0 aliphatic carbocycles. The molecule has 0 saturated carbocycles. The van der Waals surface area contributed by atoms with Crippen molar-refractivity contribution in [3.63, 3.8) is 0 Å². The van der Waals surface area contributed by atoms with Crippen molar-refractivity contribution in [2.24, 2.45) is 0 Å². The third-order valence-corrected chi connectivity index (χ3v) is 2.84. The number of carboxylic acid groups (broad SMARTS) is 1. The van der Waals surface area contributed by atoms with Crippen LogP contribution in [0.25, 0.3) is 5.65 Å². The van der Waals surface area contributed by atoms with Gasteiger partial charge < -0.3 is 10.4 Å². The summed E-state index contributed by atoms with van der Waals surface area (Å²) in [7, 11) is 0. The Morgan fingerprint density at radius 2 is 2.33 bits per heavy atom. The van der Waals surface area contributed by atoms with Gasteiger partial charge in [0.05, 0.1) is 0 Å². The summed E-state index contributed by atoms with van der Waals surface area (Å²) < 4.78 is 1.59. The van der Waals surface area contributed by atoms with Crippen LogP contribution in [0.1, 0.15) is 37.2 Å². The van der Waals surface area contributed by atoms with Crippen LogP contribution in [0.5, 0.6) is 0 Å². The third kappa shape index (κ3) is 2.30. The van der Waals surface area contributed by atoms with E-state index in [-0.39, 0.29) is 11.7 Å². The fourth-order valence-electron chi connectivity index (χ4n) is 2.04. The Bertz CT molecular complexity index is 562. The highest BCUT2D eigenvalue weighted by Crippen LogP contribution is 2.19. The smallest absolute Gasteiger partial charge is 0.356 e. The van der Waals surface area contributed by atoms with Crippen LogP contribution in [-0.2, 0) is 0 Å². The Labute approximate surface area is 105 Å². The first-order valence-corrected chi connectivity index (χ1v) is 6.10. The van der Waals surface area contributed by atoms with E-state index in [4.69, 9.17) is 0 Å². The summed E-state index contributed by atoms with van der Waals surface area (Å²) in [4.78, 5) is 15.7. The summed E-state index contributed by atoms with van der Waals surface area (Å²) in [5, 5.41) is 12.5. The molecule has 18 heavy (non-hydrogen) atoms. The van der Waals surface area contributed by atoms with Gasteiger partial charge >= 0.3 is 5.97 Å². The Kier molecular flexibility index (Phi) is 3.50. The number of imidazole rings is 1. The average Bonchev–Trinajstić information content (AvgIpc) is 2.66. The molecule has 0 aliphatic rings. The molecule has 5 heteroatoms. The van der Waals surface area contributed by atoms with Gasteiger partial charge in [0.15, 0.2) is 11.5 Å². The minimum absolute atomic E-state index is 0.188. The lowest BCUT2D eigenvalue weighted by Crippen LogP contribution is -2.17. The third-order valence-electron chi connectivity index (χ3n) is 2.84. The largest absolute Gasteiger partial charge is 0.476 e. The molecule has 0 aliphatic heterocycles. The monoisotopic (exact) mass is 247 g/mol. The van der Waals surface area contributed by atoms with Crippen molar-refractivity contribution in [3.05, 3.63) is 30.1 Å². The Morgan fingerprint density at radius 1 is 1.56 bits per heavy atom. The zero-order valence-corrected chi connectivity index (χ0v) is 10.6. The minimum Gasteiger partial charge on any atom is -0.476 e. The van der Waals surface area contributed by atoms with Gasteiger partial charge in [-0.2, -0.15) is 0 Å². The number of aromatic carboxylic acids is 1. The number of aromatic nitrogens is 2. The van der Waals surface area contributed by atoms with Crippen LogP contribution in [0.2, 0.25) is 0 Å². The van der Waals surface area contributed by atoms with E-state index in [0.29, 0.717) is 11.5 Å². The van der Waals surface area contributed by atoms with E-state index < -0.39 is 5.97 Å². The van der Waals surface area contributed by atoms with Crippen LogP contribution in [0.4, 0.5) is 5.82 Å². The van der Waals surface area contributed by atoms with Crippen molar-refractivity contribution in [3.8, 4) is 0 Å². The summed E-state index contributed by atoms with van der Waals surface area (Å²) in [6.07, 6.45) is 3.73. The van der Waals surface area contributed by atoms with Crippen LogP contribution >= 0.6 is 0 Å². The number of carboxylic acids is 1. The van der Waals surface area contributed by atoms with Crippen LogP contribution in [0.15, 0.2) is 24.4 Å². The first-order chi connectivity index (χ1) is 8.63. The quantitative estimate of drug-likeness (QED) is 0.852. The predicted molar refractivity (Wildman–Crippen MR) is 70.1 cm³/mol. The van der Waals surface area contributed by atoms with Gasteiger partial charge in [0, 0.05) is 12.2 Å². The number of hydrogen-bond acceptors (Lipinski definition) is 3. The molecule has 0 aromatic carbocycles. The van der Waals surface area contributed by atoms with Gasteiger partial charge in [0.25, 0.3) is 0 Å². The second-order valence-electron chi connectivity index (χ2n) is 4.38. The number of anilines is 1. The molecule has 2 aromatic heterocycles. The summed E-state index contributed by atoms with van der Waals surface area (Å²) in [5.74, 6) is -0.533. The van der Waals surface area contributed by atoms with Gasteiger partial charge in [-0.25, -0.2) is 9.78 Å². The van der Waals surface area contributed by atoms with Crippen LogP contribution < -0.4 is 5.32 Å². The molecular weight excluding hydrogens is 230 g/mol. The van der Waals surface area contributed by atoms with Gasteiger partial charge in [0.1, 0.15) is 5.65 Å². The molecular formula is C13H17N3O2. The molecule has 0 fully saturated rings. The number of pyridine rings is 1. The van der Waals surface area contributed by atoms with Crippen molar-refractivity contribution in [2.45, 2.75) is 32.7 Å². The van der Waals surface area contributed by atoms with E-state index in [1.165, 1.54) is 0 Å². The second-order valence-corrected chi connectivity index (χ2v) is 4.38. The first-order valence-electron chi connectivity index (χ1n) is 6.10. The van der Waals surface area contributed by atoms with Crippen LogP contribution in [0, 0.1) is 0 Å². The topological polar surface area (TPSA) is 66.6 Å². The highest BCUT2D eigenvalue weighted by Gasteiger charge is 2.19. The van der Waals surface area contributed by atoms with Crippen molar-refractivity contribution in [1.29, 1.82) is 0 Å². The maximum Gasteiger partial charge on any atom is 0.356 e. The number of nitrogens with one attached hydrogen (secondary N) is 1. The predicted octanol–water partition coefficient (Wildman–Crippen LogP) is 2.63. The van der Waals surface area contributed by atoms with Gasteiger partial charge in [0.2, 0.25) is 0 Å². The lowest BCUT2D eigenvalue weighted by Gasteiger charge is -2.12. The lowest BCUT2D eigenvalue weighted by atomic mass is 10.2. The standard InChI is InChI=1S/C13H17N3O2/c1-3-6-9(2)14-12-11(13(17)18)16-8-5-4-7-10(16)15-12/h4-5,7-9,14H,3,6H2,1-2H3,(H,17,18). The van der Waals surface area contributed by atoms with E-state index in [9.17, 15) is 9.90 Å². The summed E-state index contributed by atoms with van der Waals surface area (Å²) in [6, 6.07) is 5.63. The maximum atomic E-state index is 11.3. The normalized spacial score (nSPS) is 12.6. The zero-order chi connectivity index (χ0) is 13.1. The fraction of sp³-hybridized carbons (Fsp3) is 0.385. The SMILES string of the molecule is CCCC(C)Nc1nc2ccccn2c1C(=O)O. The Balaban J connectivity index is 2.43. The van der Waals surface area contributed by atoms with Crippen LogP contribution in [0.3, 0.4) is 0 Å². The van der Waals surface area contributed by atoms with Crippen molar-refractivity contribution < 1.29 is 9.90 Å². The van der Waals surface area contributed by atoms with Crippen molar-refractivity contribution >= 4 is 17.4 Å². The van der Waals surface area contributed by atoms with E-state index in [2.05, 4.69) is 17.2 Å². The molecule has 5 nitrogen and oxygen atoms in total. The lowest BCUT2D eigenvalue weighted by molar-refractivity contribution is 0.0690. The molecule has 1 unspecified atom stereocenters. The molecule has 0 amide bonds. The molecule has 2 heterocycles. The second kappa shape index (κ2) is 5.08. The van der Waals surface area contributed by atoms with Crippen molar-refractivity contribution in [1.82, 2.24) is 9.38 Å². The number of hydrogen-bond donors (Lipinski definition) is 2. The number of carbonyl (C=O) groups is 1. The highest BCUT2D eigenvalue weighted by atomic mass is 16.4. The molecule has 2 N–H and O–H groups in total. The summed E-state index contributed by atoms with van der Waals surface area (Å²) in [5.41, 5.74) is 0.828. The summed E-state index contributed by atoms with van der Waals surface area (Å²) in [6.45, 7) is 4.12. The average molecular weight is 247 g/mol. The number of fused-ring (bicyclic) bond motifs is 1. The number of rotatable bonds is 5. The molecule has 96 valence electrons. The molecule has 0 saturated heterocycles. The zero-order valence-electron chi connectivity index (χ0n) is 10.6. The molecule has 1 atom stereocenters. The molecule has 2 aromatic rings. The van der Waals surface area contributed by atoms with E-state index in [1.54, 1.807) is 22.7 Å². The molecule has 0 spiro atoms. The first kappa shape index (κ1) is 12.4. The minimum atomic E-state index is -0.972. The van der Waals surface area contributed by atoms with Gasteiger partial charge in [-0.15, -0.1) is 0 Å². The maximum absolute atomic E-state index is 11.3. The van der Waals surface area contributed by atoms with Gasteiger partial charge in [-0.05, 0) is 25.5 Å². The van der Waals surface area contributed by atoms with E-state index >= 15 is 0 Å². The van der Waals surface area contributed by atoms with E-state index in [1.807, 2.05) is 13.0 Å². The van der Waals surface area contributed by atoms with Gasteiger partial charge in [-0.1, -0.05) is 19.4 Å².